The lowest BCUT2D eigenvalue weighted by Crippen LogP contribution is -2.38. The van der Waals surface area contributed by atoms with Crippen LogP contribution in [0.15, 0.2) is 12.1 Å². The molecule has 0 saturated carbocycles. The Hall–Kier alpha value is -2.25. The maximum absolute atomic E-state index is 13.3. The Bertz CT molecular complexity index is 526. The summed E-state index contributed by atoms with van der Waals surface area (Å²) < 4.78 is 39.3. The van der Waals surface area contributed by atoms with E-state index in [1.807, 2.05) is 5.32 Å². The van der Waals surface area contributed by atoms with Gasteiger partial charge in [0.25, 0.3) is 0 Å². The zero-order valence-electron chi connectivity index (χ0n) is 11.4. The Morgan fingerprint density at radius 1 is 1.19 bits per heavy atom. The molecule has 1 atom stereocenters. The van der Waals surface area contributed by atoms with Crippen LogP contribution < -0.4 is 10.6 Å². The second-order valence-electron chi connectivity index (χ2n) is 4.77. The Kier molecular flexibility index (Phi) is 5.57. The van der Waals surface area contributed by atoms with Crippen LogP contribution in [0.3, 0.4) is 0 Å². The molecule has 0 heterocycles. The molecule has 0 radical (unpaired) electrons. The molecule has 1 aromatic rings. The first-order valence-corrected chi connectivity index (χ1v) is 6.14. The largest absolute Gasteiger partial charge is 0.481 e. The fourth-order valence-electron chi connectivity index (χ4n) is 1.63. The summed E-state index contributed by atoms with van der Waals surface area (Å²) >= 11 is 0. The first kappa shape index (κ1) is 16.8. The highest BCUT2D eigenvalue weighted by molar-refractivity contribution is 5.89. The fourth-order valence-corrected chi connectivity index (χ4v) is 1.63. The van der Waals surface area contributed by atoms with Crippen molar-refractivity contribution in [2.24, 2.45) is 11.8 Å². The number of hydrogen-bond acceptors (Lipinski definition) is 2. The molecule has 8 heteroatoms. The number of nitrogens with one attached hydrogen (secondary N) is 2. The number of hydrogen-bond donors (Lipinski definition) is 3. The molecule has 21 heavy (non-hydrogen) atoms. The number of halogens is 3. The molecular weight excluding hydrogens is 289 g/mol. The predicted octanol–water partition coefficient (Wildman–Crippen LogP) is 2.58. The third-order valence-corrected chi connectivity index (χ3v) is 2.85. The summed E-state index contributed by atoms with van der Waals surface area (Å²) in [7, 11) is 0. The van der Waals surface area contributed by atoms with Gasteiger partial charge in [-0.2, -0.15) is 0 Å². The highest BCUT2D eigenvalue weighted by Crippen LogP contribution is 2.20. The molecule has 0 aliphatic carbocycles. The maximum atomic E-state index is 13.3. The lowest BCUT2D eigenvalue weighted by Gasteiger charge is -2.17. The molecule has 0 fully saturated rings. The van der Waals surface area contributed by atoms with Crippen molar-refractivity contribution >= 4 is 17.7 Å². The lowest BCUT2D eigenvalue weighted by atomic mass is 9.96. The molecule has 0 bridgehead atoms. The van der Waals surface area contributed by atoms with E-state index in [4.69, 9.17) is 5.11 Å². The van der Waals surface area contributed by atoms with Crippen LogP contribution in [0.2, 0.25) is 0 Å². The van der Waals surface area contributed by atoms with Crippen LogP contribution in [0.25, 0.3) is 0 Å². The zero-order valence-corrected chi connectivity index (χ0v) is 11.4. The Morgan fingerprint density at radius 2 is 1.71 bits per heavy atom. The minimum absolute atomic E-state index is 0.205. The van der Waals surface area contributed by atoms with Crippen LogP contribution in [-0.2, 0) is 4.79 Å². The van der Waals surface area contributed by atoms with Crippen LogP contribution in [0, 0.1) is 29.3 Å². The minimum atomic E-state index is -1.26. The molecule has 3 N–H and O–H groups in total. The molecule has 2 amide bonds. The average Bonchev–Trinajstić information content (AvgIpc) is 2.33. The smallest absolute Gasteiger partial charge is 0.319 e. The number of carbonyl (C=O) groups is 2. The molecule has 0 aromatic heterocycles. The van der Waals surface area contributed by atoms with Gasteiger partial charge in [0, 0.05) is 18.7 Å². The molecule has 1 rings (SSSR count). The third kappa shape index (κ3) is 4.66. The summed E-state index contributed by atoms with van der Waals surface area (Å²) in [5, 5.41) is 13.0. The van der Waals surface area contributed by atoms with E-state index in [-0.39, 0.29) is 12.5 Å². The Labute approximate surface area is 119 Å². The minimum Gasteiger partial charge on any atom is -0.481 e. The SMILES string of the molecule is CC(C)C(CNC(=O)Nc1c(F)cc(F)cc1F)C(=O)O. The average molecular weight is 304 g/mol. The topological polar surface area (TPSA) is 78.4 Å². The first-order valence-electron chi connectivity index (χ1n) is 6.14. The second kappa shape index (κ2) is 6.96. The van der Waals surface area contributed by atoms with Gasteiger partial charge in [-0.3, -0.25) is 4.79 Å². The van der Waals surface area contributed by atoms with Gasteiger partial charge in [-0.25, -0.2) is 18.0 Å². The summed E-state index contributed by atoms with van der Waals surface area (Å²) in [6, 6.07) is -0.133. The van der Waals surface area contributed by atoms with Gasteiger partial charge >= 0.3 is 12.0 Å². The molecule has 0 aliphatic rings. The van der Waals surface area contributed by atoms with E-state index in [0.717, 1.165) is 0 Å². The molecule has 0 spiro atoms. The summed E-state index contributed by atoms with van der Waals surface area (Å²) in [6.45, 7) is 3.12. The van der Waals surface area contributed by atoms with E-state index in [1.54, 1.807) is 13.8 Å². The maximum Gasteiger partial charge on any atom is 0.319 e. The first-order chi connectivity index (χ1) is 9.72. The quantitative estimate of drug-likeness (QED) is 0.782. The normalized spacial score (nSPS) is 12.1. The Morgan fingerprint density at radius 3 is 2.14 bits per heavy atom. The van der Waals surface area contributed by atoms with Crippen molar-refractivity contribution in [3.8, 4) is 0 Å². The van der Waals surface area contributed by atoms with Crippen molar-refractivity contribution in [2.75, 3.05) is 11.9 Å². The standard InChI is InChI=1S/C13H15F3N2O3/c1-6(2)8(12(19)20)5-17-13(21)18-11-9(15)3-7(14)4-10(11)16/h3-4,6,8H,5H2,1-2H3,(H,19,20)(H2,17,18,21). The van der Waals surface area contributed by atoms with E-state index >= 15 is 0 Å². The van der Waals surface area contributed by atoms with E-state index in [2.05, 4.69) is 5.32 Å². The summed E-state index contributed by atoms with van der Waals surface area (Å²) in [5.74, 6) is -5.80. The molecule has 0 saturated heterocycles. The van der Waals surface area contributed by atoms with E-state index < -0.39 is 41.1 Å². The number of aliphatic carboxylic acids is 1. The monoisotopic (exact) mass is 304 g/mol. The fraction of sp³-hybridized carbons (Fsp3) is 0.385. The number of carbonyl (C=O) groups excluding carboxylic acids is 1. The van der Waals surface area contributed by atoms with Gasteiger partial charge in [0.15, 0.2) is 11.6 Å². The molecule has 1 aromatic carbocycles. The number of urea groups is 1. The van der Waals surface area contributed by atoms with Gasteiger partial charge in [0.05, 0.1) is 5.92 Å². The molecule has 1 unspecified atom stereocenters. The van der Waals surface area contributed by atoms with Gasteiger partial charge in [-0.1, -0.05) is 13.8 Å². The highest BCUT2D eigenvalue weighted by Gasteiger charge is 2.22. The molecule has 5 nitrogen and oxygen atoms in total. The summed E-state index contributed by atoms with van der Waals surface area (Å²) in [6.07, 6.45) is 0. The van der Waals surface area contributed by atoms with Crippen molar-refractivity contribution in [3.05, 3.63) is 29.6 Å². The van der Waals surface area contributed by atoms with Gasteiger partial charge < -0.3 is 15.7 Å². The number of amides is 2. The number of rotatable bonds is 5. The third-order valence-electron chi connectivity index (χ3n) is 2.85. The van der Waals surface area contributed by atoms with Crippen molar-refractivity contribution in [3.63, 3.8) is 0 Å². The van der Waals surface area contributed by atoms with Crippen molar-refractivity contribution in [2.45, 2.75) is 13.8 Å². The van der Waals surface area contributed by atoms with Gasteiger partial charge in [-0.05, 0) is 5.92 Å². The van der Waals surface area contributed by atoms with Crippen LogP contribution in [0.1, 0.15) is 13.8 Å². The van der Waals surface area contributed by atoms with Crippen molar-refractivity contribution < 1.29 is 27.9 Å². The summed E-state index contributed by atoms with van der Waals surface area (Å²) in [5.41, 5.74) is -0.801. The van der Waals surface area contributed by atoms with Gasteiger partial charge in [-0.15, -0.1) is 0 Å². The van der Waals surface area contributed by atoms with Gasteiger partial charge in [0.2, 0.25) is 0 Å². The van der Waals surface area contributed by atoms with Crippen LogP contribution in [0.4, 0.5) is 23.7 Å². The van der Waals surface area contributed by atoms with Crippen molar-refractivity contribution in [1.29, 1.82) is 0 Å². The predicted molar refractivity (Wildman–Crippen MR) is 69.3 cm³/mol. The number of anilines is 1. The molecule has 116 valence electrons. The Balaban J connectivity index is 2.69. The second-order valence-corrected chi connectivity index (χ2v) is 4.77. The highest BCUT2D eigenvalue weighted by atomic mass is 19.1. The van der Waals surface area contributed by atoms with Crippen LogP contribution in [-0.4, -0.2) is 23.7 Å². The number of carboxylic acid groups (broad SMARTS) is 1. The van der Waals surface area contributed by atoms with Crippen molar-refractivity contribution in [1.82, 2.24) is 5.32 Å². The van der Waals surface area contributed by atoms with Crippen LogP contribution >= 0.6 is 0 Å². The molecular formula is C13H15F3N2O3. The van der Waals surface area contributed by atoms with Crippen LogP contribution in [0.5, 0.6) is 0 Å². The van der Waals surface area contributed by atoms with E-state index in [0.29, 0.717) is 12.1 Å². The molecule has 0 aliphatic heterocycles. The van der Waals surface area contributed by atoms with E-state index in [9.17, 15) is 22.8 Å². The number of carboxylic acids is 1. The zero-order chi connectivity index (χ0) is 16.2. The lowest BCUT2D eigenvalue weighted by molar-refractivity contribution is -0.142. The van der Waals surface area contributed by atoms with Gasteiger partial charge in [0.1, 0.15) is 11.5 Å². The number of benzene rings is 1. The van der Waals surface area contributed by atoms with E-state index in [1.165, 1.54) is 0 Å². The summed E-state index contributed by atoms with van der Waals surface area (Å²) in [4.78, 5) is 22.4.